The fourth-order valence-corrected chi connectivity index (χ4v) is 1.68. The average Bonchev–Trinajstić information content (AvgIpc) is 2.10. The molecule has 0 amide bonds. The molecule has 5 heteroatoms. The summed E-state index contributed by atoms with van der Waals surface area (Å²) in [6.07, 6.45) is 1.62. The molecule has 13 heavy (non-hydrogen) atoms. The van der Waals surface area contributed by atoms with Gasteiger partial charge < -0.3 is 10.5 Å². The summed E-state index contributed by atoms with van der Waals surface area (Å²) in [6.45, 7) is 0.457. The quantitative estimate of drug-likeness (QED) is 0.852. The highest BCUT2D eigenvalue weighted by atomic mass is 79.9. The molecule has 2 N–H and O–H groups in total. The Morgan fingerprint density at radius 1 is 1.77 bits per heavy atom. The van der Waals surface area contributed by atoms with Gasteiger partial charge in [0.05, 0.1) is 17.1 Å². The van der Waals surface area contributed by atoms with E-state index in [1.165, 1.54) is 0 Å². The lowest BCUT2D eigenvalue weighted by Crippen LogP contribution is -2.16. The molecule has 1 rings (SSSR count). The van der Waals surface area contributed by atoms with Gasteiger partial charge in [0.2, 0.25) is 0 Å². The van der Waals surface area contributed by atoms with Crippen LogP contribution in [0, 0.1) is 0 Å². The minimum atomic E-state index is -0.181. The Bertz CT molecular complexity index is 295. The van der Waals surface area contributed by atoms with E-state index in [4.69, 9.17) is 22.1 Å². The van der Waals surface area contributed by atoms with Crippen molar-refractivity contribution in [3.05, 3.63) is 27.5 Å². The van der Waals surface area contributed by atoms with Gasteiger partial charge in [-0.2, -0.15) is 0 Å². The van der Waals surface area contributed by atoms with Gasteiger partial charge in [0.25, 0.3) is 0 Å². The normalized spacial score (nSPS) is 12.9. The van der Waals surface area contributed by atoms with Crippen molar-refractivity contribution < 1.29 is 4.74 Å². The largest absolute Gasteiger partial charge is 0.383 e. The third kappa shape index (κ3) is 2.64. The molecule has 1 aromatic rings. The summed E-state index contributed by atoms with van der Waals surface area (Å²) >= 11 is 9.12. The minimum Gasteiger partial charge on any atom is -0.383 e. The van der Waals surface area contributed by atoms with Crippen molar-refractivity contribution in [2.75, 3.05) is 13.7 Å². The van der Waals surface area contributed by atoms with Gasteiger partial charge in [-0.05, 0) is 27.6 Å². The van der Waals surface area contributed by atoms with Crippen molar-refractivity contribution in [1.82, 2.24) is 4.98 Å². The number of ether oxygens (including phenoxy) is 1. The van der Waals surface area contributed by atoms with Crippen LogP contribution in [0.4, 0.5) is 0 Å². The molecule has 0 saturated heterocycles. The summed E-state index contributed by atoms with van der Waals surface area (Å²) < 4.78 is 5.68. The molecule has 0 spiro atoms. The van der Waals surface area contributed by atoms with E-state index in [-0.39, 0.29) is 6.04 Å². The molecule has 0 aliphatic carbocycles. The van der Waals surface area contributed by atoms with Crippen molar-refractivity contribution in [2.24, 2.45) is 5.73 Å². The van der Waals surface area contributed by atoms with Crippen LogP contribution in [0.5, 0.6) is 0 Å². The maximum atomic E-state index is 5.83. The zero-order chi connectivity index (χ0) is 9.84. The molecule has 0 saturated carbocycles. The Labute approximate surface area is 90.4 Å². The Morgan fingerprint density at radius 2 is 2.46 bits per heavy atom. The number of hydrogen-bond acceptors (Lipinski definition) is 3. The van der Waals surface area contributed by atoms with Gasteiger partial charge in [-0.15, -0.1) is 0 Å². The monoisotopic (exact) mass is 264 g/mol. The van der Waals surface area contributed by atoms with Crippen LogP contribution in [0.3, 0.4) is 0 Å². The van der Waals surface area contributed by atoms with Crippen molar-refractivity contribution in [3.8, 4) is 0 Å². The molecule has 0 aromatic carbocycles. The lowest BCUT2D eigenvalue weighted by Gasteiger charge is -2.12. The second-order valence-electron chi connectivity index (χ2n) is 2.57. The lowest BCUT2D eigenvalue weighted by atomic mass is 10.1. The van der Waals surface area contributed by atoms with E-state index in [9.17, 15) is 0 Å². The first kappa shape index (κ1) is 10.9. The molecular formula is C8H10BrClN2O. The van der Waals surface area contributed by atoms with Crippen molar-refractivity contribution in [2.45, 2.75) is 6.04 Å². The highest BCUT2D eigenvalue weighted by molar-refractivity contribution is 9.10. The Hall–Kier alpha value is -0.160. The van der Waals surface area contributed by atoms with Gasteiger partial charge in [0.15, 0.2) is 0 Å². The van der Waals surface area contributed by atoms with Crippen LogP contribution < -0.4 is 5.73 Å². The van der Waals surface area contributed by atoms with E-state index >= 15 is 0 Å². The molecule has 1 aromatic heterocycles. The van der Waals surface area contributed by atoms with E-state index in [0.29, 0.717) is 11.8 Å². The Kier molecular flexibility index (Phi) is 4.12. The van der Waals surface area contributed by atoms with Gasteiger partial charge >= 0.3 is 0 Å². The predicted octanol–water partition coefficient (Wildman–Crippen LogP) is 2.14. The molecular weight excluding hydrogens is 255 g/mol. The van der Waals surface area contributed by atoms with Crippen molar-refractivity contribution >= 4 is 27.5 Å². The number of pyridine rings is 1. The van der Waals surface area contributed by atoms with Gasteiger partial charge in [-0.25, -0.2) is 4.98 Å². The molecule has 0 fully saturated rings. The van der Waals surface area contributed by atoms with E-state index in [2.05, 4.69) is 20.9 Å². The number of rotatable bonds is 3. The molecule has 1 heterocycles. The summed E-state index contributed by atoms with van der Waals surface area (Å²) in [4.78, 5) is 3.90. The number of methoxy groups -OCH3 is 1. The second-order valence-corrected chi connectivity index (χ2v) is 3.72. The predicted molar refractivity (Wildman–Crippen MR) is 55.8 cm³/mol. The summed E-state index contributed by atoms with van der Waals surface area (Å²) in [7, 11) is 1.61. The minimum absolute atomic E-state index is 0.181. The van der Waals surface area contributed by atoms with E-state index < -0.39 is 0 Å². The number of hydrogen-bond donors (Lipinski definition) is 1. The van der Waals surface area contributed by atoms with Gasteiger partial charge in [0.1, 0.15) is 5.15 Å². The first-order chi connectivity index (χ1) is 6.16. The van der Waals surface area contributed by atoms with Crippen LogP contribution in [-0.4, -0.2) is 18.7 Å². The van der Waals surface area contributed by atoms with Crippen LogP contribution in [0.15, 0.2) is 16.7 Å². The Balaban J connectivity index is 2.93. The molecule has 0 aliphatic heterocycles. The zero-order valence-corrected chi connectivity index (χ0v) is 9.47. The lowest BCUT2D eigenvalue weighted by molar-refractivity contribution is 0.180. The second kappa shape index (κ2) is 4.91. The molecule has 1 unspecified atom stereocenters. The van der Waals surface area contributed by atoms with Crippen LogP contribution in [0.2, 0.25) is 5.15 Å². The SMILES string of the molecule is COCC(N)c1ccnc(Cl)c1Br. The molecule has 0 aliphatic rings. The number of nitrogens with zero attached hydrogens (tertiary/aromatic N) is 1. The molecule has 72 valence electrons. The fourth-order valence-electron chi connectivity index (χ4n) is 0.988. The van der Waals surface area contributed by atoms with Crippen LogP contribution >= 0.6 is 27.5 Å². The van der Waals surface area contributed by atoms with E-state index in [1.54, 1.807) is 13.3 Å². The van der Waals surface area contributed by atoms with Gasteiger partial charge in [-0.1, -0.05) is 11.6 Å². The summed E-state index contributed by atoms with van der Waals surface area (Å²) in [5.74, 6) is 0. The van der Waals surface area contributed by atoms with Crippen LogP contribution in [0.1, 0.15) is 11.6 Å². The highest BCUT2D eigenvalue weighted by Gasteiger charge is 2.11. The maximum absolute atomic E-state index is 5.83. The third-order valence-electron chi connectivity index (χ3n) is 1.62. The highest BCUT2D eigenvalue weighted by Crippen LogP contribution is 2.27. The first-order valence-electron chi connectivity index (χ1n) is 3.71. The molecule has 1 atom stereocenters. The maximum Gasteiger partial charge on any atom is 0.143 e. The third-order valence-corrected chi connectivity index (χ3v) is 2.97. The average molecular weight is 266 g/mol. The molecule has 0 bridgehead atoms. The van der Waals surface area contributed by atoms with Crippen molar-refractivity contribution in [3.63, 3.8) is 0 Å². The first-order valence-corrected chi connectivity index (χ1v) is 4.88. The summed E-state index contributed by atoms with van der Waals surface area (Å²) in [5.41, 5.74) is 6.74. The number of nitrogens with two attached hydrogens (primary N) is 1. The fraction of sp³-hybridized carbons (Fsp3) is 0.375. The zero-order valence-electron chi connectivity index (χ0n) is 7.13. The van der Waals surface area contributed by atoms with E-state index in [1.807, 2.05) is 6.07 Å². The van der Waals surface area contributed by atoms with Gasteiger partial charge in [-0.3, -0.25) is 0 Å². The number of halogens is 2. The topological polar surface area (TPSA) is 48.1 Å². The number of aromatic nitrogens is 1. The van der Waals surface area contributed by atoms with Crippen LogP contribution in [0.25, 0.3) is 0 Å². The summed E-state index contributed by atoms with van der Waals surface area (Å²) in [5, 5.41) is 0.420. The van der Waals surface area contributed by atoms with Gasteiger partial charge in [0, 0.05) is 13.3 Å². The molecule has 3 nitrogen and oxygen atoms in total. The smallest absolute Gasteiger partial charge is 0.143 e. The standard InChI is InChI=1S/C8H10BrClN2O/c1-13-4-6(11)5-2-3-12-8(10)7(5)9/h2-3,6H,4,11H2,1H3. The Morgan fingerprint density at radius 3 is 3.08 bits per heavy atom. The van der Waals surface area contributed by atoms with E-state index in [0.717, 1.165) is 10.0 Å². The summed E-state index contributed by atoms with van der Waals surface area (Å²) in [6, 6.07) is 1.64. The van der Waals surface area contributed by atoms with Crippen LogP contribution in [-0.2, 0) is 4.74 Å². The molecule has 0 radical (unpaired) electrons. The van der Waals surface area contributed by atoms with Crippen molar-refractivity contribution in [1.29, 1.82) is 0 Å².